The molecule has 0 radical (unpaired) electrons. The van der Waals surface area contributed by atoms with E-state index in [1.54, 1.807) is 0 Å². The largest absolute Gasteiger partial charge is 0.311 e. The fraction of sp³-hybridized carbons (Fsp3) is 0.185. The van der Waals surface area contributed by atoms with Crippen molar-refractivity contribution in [1.82, 2.24) is 0 Å². The lowest BCUT2D eigenvalue weighted by atomic mass is 9.90. The Hall–Kier alpha value is -1.85. The number of halogens is 2. The van der Waals surface area contributed by atoms with Crippen LogP contribution in [-0.4, -0.2) is 3.92 Å². The Morgan fingerprint density at radius 2 is 1.30 bits per heavy atom. The van der Waals surface area contributed by atoms with E-state index in [1.165, 1.54) is 22.0 Å². The summed E-state index contributed by atoms with van der Waals surface area (Å²) < 4.78 is 2.20. The number of para-hydroxylation sites is 2. The zero-order valence-corrected chi connectivity index (χ0v) is 20.3. The summed E-state index contributed by atoms with van der Waals surface area (Å²) in [5, 5.41) is 0. The van der Waals surface area contributed by atoms with Gasteiger partial charge in [-0.15, -0.1) is 0 Å². The third kappa shape index (κ3) is 4.15. The van der Waals surface area contributed by atoms with Gasteiger partial charge in [0.2, 0.25) is 0 Å². The Morgan fingerprint density at radius 3 is 1.80 bits per heavy atom. The van der Waals surface area contributed by atoms with Gasteiger partial charge in [-0.05, 0) is 72.2 Å². The summed E-state index contributed by atoms with van der Waals surface area (Å²) in [6, 6.07) is 30.0. The minimum atomic E-state index is 0.691. The standard InChI is InChI=1S/C27H23BrIN/c28-26-17-20(25-18-27(25)29)13-16-24(26)19-11-14-23(15-12-19)30(21-7-3-1-4-8-21)22-9-5-2-6-10-22/h1-16,20,25,27H,17-18H2. The van der Waals surface area contributed by atoms with Crippen molar-refractivity contribution in [2.24, 2.45) is 11.8 Å². The lowest BCUT2D eigenvalue weighted by Crippen LogP contribution is -2.09. The topological polar surface area (TPSA) is 3.24 Å². The fourth-order valence-corrected chi connectivity index (χ4v) is 6.11. The van der Waals surface area contributed by atoms with Gasteiger partial charge in [-0.2, -0.15) is 0 Å². The second-order valence-corrected chi connectivity index (χ2v) is 10.6. The summed E-state index contributed by atoms with van der Waals surface area (Å²) >= 11 is 6.48. The molecular formula is C27H23BrIN. The van der Waals surface area contributed by atoms with E-state index in [0.29, 0.717) is 5.92 Å². The minimum absolute atomic E-state index is 0.691. The molecular weight excluding hydrogens is 545 g/mol. The van der Waals surface area contributed by atoms with Crippen LogP contribution >= 0.6 is 38.5 Å². The van der Waals surface area contributed by atoms with Crippen molar-refractivity contribution in [3.63, 3.8) is 0 Å². The number of hydrogen-bond donors (Lipinski definition) is 0. The van der Waals surface area contributed by atoms with Gasteiger partial charge in [0.25, 0.3) is 0 Å². The molecule has 0 amide bonds. The van der Waals surface area contributed by atoms with E-state index in [2.05, 4.69) is 141 Å². The lowest BCUT2D eigenvalue weighted by molar-refractivity contribution is 0.576. The van der Waals surface area contributed by atoms with Crippen molar-refractivity contribution < 1.29 is 0 Å². The first-order valence-electron chi connectivity index (χ1n) is 10.4. The summed E-state index contributed by atoms with van der Waals surface area (Å²) in [5.74, 6) is 1.56. The SMILES string of the molecule is BrC1=C(c2ccc(N(c3ccccc3)c3ccccc3)cc2)C=CC(C2CC2I)C1. The summed E-state index contributed by atoms with van der Waals surface area (Å²) in [6.45, 7) is 0. The molecule has 0 bridgehead atoms. The van der Waals surface area contributed by atoms with Crippen LogP contribution in [0.15, 0.2) is 102 Å². The minimum Gasteiger partial charge on any atom is -0.311 e. The molecule has 5 rings (SSSR count). The van der Waals surface area contributed by atoms with Gasteiger partial charge in [0.1, 0.15) is 0 Å². The van der Waals surface area contributed by atoms with Crippen LogP contribution in [0.25, 0.3) is 5.57 Å². The Morgan fingerprint density at radius 1 is 0.767 bits per heavy atom. The van der Waals surface area contributed by atoms with Gasteiger partial charge in [0, 0.05) is 25.5 Å². The van der Waals surface area contributed by atoms with E-state index in [-0.39, 0.29) is 0 Å². The van der Waals surface area contributed by atoms with Crippen LogP contribution in [0.5, 0.6) is 0 Å². The predicted octanol–water partition coefficient (Wildman–Crippen LogP) is 8.66. The number of rotatable bonds is 5. The van der Waals surface area contributed by atoms with E-state index < -0.39 is 0 Å². The van der Waals surface area contributed by atoms with Crippen molar-refractivity contribution in [2.75, 3.05) is 4.90 Å². The molecule has 0 spiro atoms. The third-order valence-corrected chi connectivity index (χ3v) is 8.17. The number of hydrogen-bond acceptors (Lipinski definition) is 1. The van der Waals surface area contributed by atoms with Gasteiger partial charge >= 0.3 is 0 Å². The van der Waals surface area contributed by atoms with Crippen LogP contribution in [0.2, 0.25) is 0 Å². The highest BCUT2D eigenvalue weighted by molar-refractivity contribution is 14.1. The molecule has 0 N–H and O–H groups in total. The zero-order chi connectivity index (χ0) is 20.5. The van der Waals surface area contributed by atoms with Crippen LogP contribution in [0.1, 0.15) is 18.4 Å². The van der Waals surface area contributed by atoms with Crippen molar-refractivity contribution in [3.8, 4) is 0 Å². The molecule has 1 nitrogen and oxygen atoms in total. The maximum Gasteiger partial charge on any atom is 0.0462 e. The highest BCUT2D eigenvalue weighted by Gasteiger charge is 2.40. The molecule has 1 saturated carbocycles. The molecule has 3 unspecified atom stereocenters. The molecule has 2 aliphatic carbocycles. The number of nitrogens with zero attached hydrogens (tertiary/aromatic N) is 1. The third-order valence-electron chi connectivity index (χ3n) is 5.99. The zero-order valence-electron chi connectivity index (χ0n) is 16.6. The van der Waals surface area contributed by atoms with Crippen LogP contribution in [-0.2, 0) is 0 Å². The van der Waals surface area contributed by atoms with Crippen LogP contribution < -0.4 is 4.90 Å². The number of benzene rings is 3. The van der Waals surface area contributed by atoms with Gasteiger partial charge in [-0.1, -0.05) is 99.2 Å². The second kappa shape index (κ2) is 8.72. The lowest BCUT2D eigenvalue weighted by Gasteiger charge is -2.26. The Labute approximate surface area is 200 Å². The molecule has 30 heavy (non-hydrogen) atoms. The maximum atomic E-state index is 3.88. The van der Waals surface area contributed by atoms with Crippen LogP contribution in [0.4, 0.5) is 17.1 Å². The summed E-state index contributed by atoms with van der Waals surface area (Å²) in [7, 11) is 0. The van der Waals surface area contributed by atoms with Crippen molar-refractivity contribution in [3.05, 3.63) is 107 Å². The van der Waals surface area contributed by atoms with Gasteiger partial charge in [0.15, 0.2) is 0 Å². The smallest absolute Gasteiger partial charge is 0.0462 e. The van der Waals surface area contributed by atoms with Crippen molar-refractivity contribution in [1.29, 1.82) is 0 Å². The summed E-state index contributed by atoms with van der Waals surface area (Å²) in [4.78, 5) is 2.30. The normalized spacial score (nSPS) is 22.8. The van der Waals surface area contributed by atoms with Crippen LogP contribution in [0, 0.1) is 11.8 Å². The Bertz CT molecular complexity index is 1030. The van der Waals surface area contributed by atoms with Gasteiger partial charge in [0.05, 0.1) is 0 Å². The first-order valence-corrected chi connectivity index (χ1v) is 12.5. The Kier molecular flexibility index (Phi) is 5.83. The van der Waals surface area contributed by atoms with E-state index in [9.17, 15) is 0 Å². The first-order chi connectivity index (χ1) is 14.7. The molecule has 3 aromatic rings. The van der Waals surface area contributed by atoms with E-state index in [0.717, 1.165) is 33.3 Å². The molecule has 3 heteroatoms. The summed E-state index contributed by atoms with van der Waals surface area (Å²) in [5.41, 5.74) is 6.07. The fourth-order valence-electron chi connectivity index (χ4n) is 4.26. The predicted molar refractivity (Wildman–Crippen MR) is 140 cm³/mol. The molecule has 3 aromatic carbocycles. The average molecular weight is 568 g/mol. The van der Waals surface area contributed by atoms with E-state index >= 15 is 0 Å². The highest BCUT2D eigenvalue weighted by atomic mass is 127. The van der Waals surface area contributed by atoms with Gasteiger partial charge in [-0.25, -0.2) is 0 Å². The van der Waals surface area contributed by atoms with Gasteiger partial charge < -0.3 is 4.90 Å². The molecule has 0 aromatic heterocycles. The molecule has 1 fully saturated rings. The Balaban J connectivity index is 1.44. The van der Waals surface area contributed by atoms with E-state index in [1.807, 2.05) is 0 Å². The first kappa shape index (κ1) is 20.1. The quantitative estimate of drug-likeness (QED) is 0.220. The number of alkyl halides is 1. The summed E-state index contributed by atoms with van der Waals surface area (Å²) in [6.07, 6.45) is 7.24. The molecule has 3 atom stereocenters. The van der Waals surface area contributed by atoms with Crippen LogP contribution in [0.3, 0.4) is 0 Å². The average Bonchev–Trinajstić information content (AvgIpc) is 3.53. The molecule has 0 saturated heterocycles. The molecule has 0 aliphatic heterocycles. The monoisotopic (exact) mass is 567 g/mol. The highest BCUT2D eigenvalue weighted by Crippen LogP contribution is 2.49. The van der Waals surface area contributed by atoms with E-state index in [4.69, 9.17) is 0 Å². The second-order valence-electron chi connectivity index (χ2n) is 8.01. The van der Waals surface area contributed by atoms with Crippen molar-refractivity contribution in [2.45, 2.75) is 16.8 Å². The molecule has 2 aliphatic rings. The van der Waals surface area contributed by atoms with Crippen molar-refractivity contribution >= 4 is 61.2 Å². The van der Waals surface area contributed by atoms with Gasteiger partial charge in [-0.3, -0.25) is 0 Å². The maximum absolute atomic E-state index is 3.88. The molecule has 150 valence electrons. The molecule has 0 heterocycles. The number of allylic oxidation sites excluding steroid dienone is 4. The number of anilines is 3.